The molecule has 0 saturated heterocycles. The molecule has 17 heavy (non-hydrogen) atoms. The lowest BCUT2D eigenvalue weighted by Gasteiger charge is -2.37. The van der Waals surface area contributed by atoms with Crippen LogP contribution in [0.4, 0.5) is 0 Å². The molecule has 3 heteroatoms. The third-order valence-corrected chi connectivity index (χ3v) is 4.04. The maximum Gasteiger partial charge on any atom is 0.122 e. The number of nitrogens with two attached hydrogens (primary N) is 2. The van der Waals surface area contributed by atoms with E-state index in [1.807, 2.05) is 0 Å². The Hall–Kier alpha value is -1.06. The molecular weight excluding hydrogens is 212 g/mol. The predicted octanol–water partition coefficient (Wildman–Crippen LogP) is 1.75. The summed E-state index contributed by atoms with van der Waals surface area (Å²) < 4.78 is 5.62. The number of aryl methyl sites for hydroxylation is 1. The minimum Gasteiger partial charge on any atom is -0.493 e. The largest absolute Gasteiger partial charge is 0.493 e. The summed E-state index contributed by atoms with van der Waals surface area (Å²) in [5.41, 5.74) is 14.7. The third-order valence-electron chi connectivity index (χ3n) is 4.04. The Labute approximate surface area is 102 Å². The zero-order chi connectivity index (χ0) is 11.8. The van der Waals surface area contributed by atoms with Gasteiger partial charge in [-0.15, -0.1) is 0 Å². The molecule has 1 aromatic rings. The second-order valence-corrected chi connectivity index (χ2v) is 5.34. The van der Waals surface area contributed by atoms with E-state index in [0.717, 1.165) is 38.0 Å². The quantitative estimate of drug-likeness (QED) is 0.816. The monoisotopic (exact) mass is 232 g/mol. The normalized spacial score (nSPS) is 28.8. The van der Waals surface area contributed by atoms with Crippen LogP contribution in [0.25, 0.3) is 0 Å². The minimum absolute atomic E-state index is 0.141. The molecule has 3 nitrogen and oxygen atoms in total. The maximum atomic E-state index is 6.30. The van der Waals surface area contributed by atoms with Crippen molar-refractivity contribution in [3.8, 4) is 5.75 Å². The van der Waals surface area contributed by atoms with Gasteiger partial charge >= 0.3 is 0 Å². The predicted molar refractivity (Wildman–Crippen MR) is 67.9 cm³/mol. The standard InChI is InChI=1S/C14H20N2O/c15-12-7-11(8-12)14(16)10-3-4-13-9(6-10)2-1-5-17-13/h3-4,6,11-12,14H,1-2,5,7-8,15-16H2. The van der Waals surface area contributed by atoms with Gasteiger partial charge in [0, 0.05) is 12.1 Å². The minimum atomic E-state index is 0.141. The van der Waals surface area contributed by atoms with Crippen molar-refractivity contribution in [2.24, 2.45) is 17.4 Å². The van der Waals surface area contributed by atoms with Crippen LogP contribution in [0.1, 0.15) is 36.4 Å². The van der Waals surface area contributed by atoms with Gasteiger partial charge in [0.2, 0.25) is 0 Å². The van der Waals surface area contributed by atoms with E-state index in [-0.39, 0.29) is 6.04 Å². The fourth-order valence-electron chi connectivity index (χ4n) is 2.86. The average molecular weight is 232 g/mol. The van der Waals surface area contributed by atoms with Crippen molar-refractivity contribution in [3.05, 3.63) is 29.3 Å². The van der Waals surface area contributed by atoms with Crippen molar-refractivity contribution in [1.29, 1.82) is 0 Å². The molecule has 1 fully saturated rings. The number of hydrogen-bond acceptors (Lipinski definition) is 3. The fraction of sp³-hybridized carbons (Fsp3) is 0.571. The summed E-state index contributed by atoms with van der Waals surface area (Å²) in [4.78, 5) is 0. The molecule has 1 atom stereocenters. The van der Waals surface area contributed by atoms with Crippen LogP contribution in [0.15, 0.2) is 18.2 Å². The highest BCUT2D eigenvalue weighted by Gasteiger charge is 2.31. The van der Waals surface area contributed by atoms with Crippen molar-refractivity contribution < 1.29 is 4.74 Å². The summed E-state index contributed by atoms with van der Waals surface area (Å²) >= 11 is 0. The Bertz CT molecular complexity index is 413. The number of rotatable bonds is 2. The second kappa shape index (κ2) is 4.31. The SMILES string of the molecule is NC1CC(C(N)c2ccc3c(c2)CCCO3)C1. The maximum absolute atomic E-state index is 6.30. The Balaban J connectivity index is 1.78. The summed E-state index contributed by atoms with van der Waals surface area (Å²) in [6.07, 6.45) is 4.35. The molecule has 1 aliphatic heterocycles. The molecule has 2 aliphatic rings. The lowest BCUT2D eigenvalue weighted by molar-refractivity contribution is 0.223. The fourth-order valence-corrected chi connectivity index (χ4v) is 2.86. The molecule has 0 bridgehead atoms. The summed E-state index contributed by atoms with van der Waals surface area (Å²) in [7, 11) is 0. The van der Waals surface area contributed by atoms with E-state index < -0.39 is 0 Å². The highest BCUT2D eigenvalue weighted by Crippen LogP contribution is 2.37. The van der Waals surface area contributed by atoms with Crippen LogP contribution in [0.5, 0.6) is 5.75 Å². The number of hydrogen-bond donors (Lipinski definition) is 2. The van der Waals surface area contributed by atoms with E-state index in [2.05, 4.69) is 18.2 Å². The van der Waals surface area contributed by atoms with Gasteiger partial charge in [-0.25, -0.2) is 0 Å². The van der Waals surface area contributed by atoms with Crippen LogP contribution in [-0.2, 0) is 6.42 Å². The highest BCUT2D eigenvalue weighted by molar-refractivity contribution is 5.39. The molecule has 92 valence electrons. The third kappa shape index (κ3) is 2.05. The topological polar surface area (TPSA) is 61.3 Å². The first kappa shape index (κ1) is 11.1. The molecule has 1 unspecified atom stereocenters. The van der Waals surface area contributed by atoms with Gasteiger partial charge in [-0.1, -0.05) is 12.1 Å². The van der Waals surface area contributed by atoms with Crippen LogP contribution in [-0.4, -0.2) is 12.6 Å². The molecule has 0 aromatic heterocycles. The molecular formula is C14H20N2O. The summed E-state index contributed by atoms with van der Waals surface area (Å²) in [6.45, 7) is 0.843. The van der Waals surface area contributed by atoms with E-state index in [9.17, 15) is 0 Å². The van der Waals surface area contributed by atoms with Crippen molar-refractivity contribution >= 4 is 0 Å². The Morgan fingerprint density at radius 2 is 2.12 bits per heavy atom. The lowest BCUT2D eigenvalue weighted by atomic mass is 9.74. The molecule has 3 rings (SSSR count). The van der Waals surface area contributed by atoms with Crippen LogP contribution in [0.2, 0.25) is 0 Å². The molecule has 1 saturated carbocycles. The average Bonchev–Trinajstić information content (AvgIpc) is 2.33. The van der Waals surface area contributed by atoms with Crippen molar-refractivity contribution in [1.82, 2.24) is 0 Å². The summed E-state index contributed by atoms with van der Waals surface area (Å²) in [5, 5.41) is 0. The summed E-state index contributed by atoms with van der Waals surface area (Å²) in [5.74, 6) is 1.60. The molecule has 0 radical (unpaired) electrons. The molecule has 1 heterocycles. The number of ether oxygens (including phenoxy) is 1. The van der Waals surface area contributed by atoms with Crippen LogP contribution in [0.3, 0.4) is 0 Å². The van der Waals surface area contributed by atoms with E-state index >= 15 is 0 Å². The van der Waals surface area contributed by atoms with Gasteiger partial charge in [-0.3, -0.25) is 0 Å². The van der Waals surface area contributed by atoms with Gasteiger partial charge in [0.15, 0.2) is 0 Å². The molecule has 0 amide bonds. The van der Waals surface area contributed by atoms with Crippen LogP contribution >= 0.6 is 0 Å². The van der Waals surface area contributed by atoms with Crippen molar-refractivity contribution in [2.75, 3.05) is 6.61 Å². The van der Waals surface area contributed by atoms with E-state index in [1.54, 1.807) is 0 Å². The first-order chi connectivity index (χ1) is 8.24. The highest BCUT2D eigenvalue weighted by atomic mass is 16.5. The van der Waals surface area contributed by atoms with E-state index in [0.29, 0.717) is 12.0 Å². The smallest absolute Gasteiger partial charge is 0.122 e. The Kier molecular flexibility index (Phi) is 2.81. The number of benzene rings is 1. The zero-order valence-electron chi connectivity index (χ0n) is 10.1. The Morgan fingerprint density at radius 3 is 2.88 bits per heavy atom. The van der Waals surface area contributed by atoms with Gasteiger partial charge in [0.25, 0.3) is 0 Å². The first-order valence-electron chi connectivity index (χ1n) is 6.51. The van der Waals surface area contributed by atoms with Crippen LogP contribution in [0, 0.1) is 5.92 Å². The molecule has 1 aromatic carbocycles. The van der Waals surface area contributed by atoms with Gasteiger partial charge in [0.1, 0.15) is 5.75 Å². The van der Waals surface area contributed by atoms with Gasteiger partial charge in [-0.05, 0) is 48.8 Å². The lowest BCUT2D eigenvalue weighted by Crippen LogP contribution is -2.41. The van der Waals surface area contributed by atoms with E-state index in [1.165, 1.54) is 11.1 Å². The van der Waals surface area contributed by atoms with Crippen LogP contribution < -0.4 is 16.2 Å². The van der Waals surface area contributed by atoms with Crippen molar-refractivity contribution in [2.45, 2.75) is 37.8 Å². The van der Waals surface area contributed by atoms with Gasteiger partial charge in [0.05, 0.1) is 6.61 Å². The van der Waals surface area contributed by atoms with Crippen molar-refractivity contribution in [3.63, 3.8) is 0 Å². The number of fused-ring (bicyclic) bond motifs is 1. The second-order valence-electron chi connectivity index (χ2n) is 5.34. The summed E-state index contributed by atoms with van der Waals surface area (Å²) in [6, 6.07) is 6.92. The van der Waals surface area contributed by atoms with Gasteiger partial charge in [-0.2, -0.15) is 0 Å². The molecule has 0 spiro atoms. The molecule has 4 N–H and O–H groups in total. The van der Waals surface area contributed by atoms with Gasteiger partial charge < -0.3 is 16.2 Å². The molecule has 1 aliphatic carbocycles. The Morgan fingerprint density at radius 1 is 1.29 bits per heavy atom. The zero-order valence-corrected chi connectivity index (χ0v) is 10.1. The first-order valence-corrected chi connectivity index (χ1v) is 6.51. The van der Waals surface area contributed by atoms with E-state index in [4.69, 9.17) is 16.2 Å².